The normalized spacial score (nSPS) is 15.1. The van der Waals surface area contributed by atoms with E-state index in [-0.39, 0.29) is 6.04 Å². The number of rotatable bonds is 9. The van der Waals surface area contributed by atoms with Gasteiger partial charge in [0, 0.05) is 18.2 Å². The van der Waals surface area contributed by atoms with Crippen LogP contribution in [-0.4, -0.2) is 27.6 Å². The van der Waals surface area contributed by atoms with Crippen LogP contribution in [0.3, 0.4) is 0 Å². The largest absolute Gasteiger partial charge is 0.493 e. The fourth-order valence-corrected chi connectivity index (χ4v) is 3.32. The first-order valence-corrected chi connectivity index (χ1v) is 9.04. The zero-order chi connectivity index (χ0) is 15.3. The van der Waals surface area contributed by atoms with Gasteiger partial charge >= 0.3 is 0 Å². The number of sulfonamides is 1. The molecule has 1 saturated carbocycles. The topological polar surface area (TPSA) is 67.4 Å². The molecule has 1 fully saturated rings. The first kappa shape index (κ1) is 16.3. The van der Waals surface area contributed by atoms with E-state index in [4.69, 9.17) is 4.74 Å². The molecule has 6 heteroatoms. The van der Waals surface area contributed by atoms with Crippen LogP contribution in [-0.2, 0) is 16.6 Å². The van der Waals surface area contributed by atoms with Crippen molar-refractivity contribution in [3.8, 4) is 5.75 Å². The number of nitrogens with one attached hydrogen (secondary N) is 2. The van der Waals surface area contributed by atoms with Crippen LogP contribution in [0.4, 0.5) is 0 Å². The Morgan fingerprint density at radius 3 is 2.67 bits per heavy atom. The maximum absolute atomic E-state index is 12.3. The molecule has 0 amide bonds. The summed E-state index contributed by atoms with van der Waals surface area (Å²) < 4.78 is 32.9. The number of ether oxygens (including phenoxy) is 1. The van der Waals surface area contributed by atoms with Crippen molar-refractivity contribution in [1.82, 2.24) is 10.0 Å². The summed E-state index contributed by atoms with van der Waals surface area (Å²) >= 11 is 0. The Labute approximate surface area is 127 Å². The van der Waals surface area contributed by atoms with Crippen molar-refractivity contribution in [2.24, 2.45) is 0 Å². The summed E-state index contributed by atoms with van der Waals surface area (Å²) in [7, 11) is -3.42. The molecular formula is C15H24N2O3S. The van der Waals surface area contributed by atoms with Gasteiger partial charge in [-0.3, -0.25) is 0 Å². The highest BCUT2D eigenvalue weighted by Gasteiger charge is 2.28. The lowest BCUT2D eigenvalue weighted by molar-refractivity contribution is 0.313. The van der Waals surface area contributed by atoms with E-state index in [1.165, 1.54) is 0 Å². The molecule has 0 unspecified atom stereocenters. The van der Waals surface area contributed by atoms with Gasteiger partial charge in [-0.05, 0) is 44.0 Å². The lowest BCUT2D eigenvalue weighted by Crippen LogP contribution is -2.26. The quantitative estimate of drug-likeness (QED) is 0.732. The summed E-state index contributed by atoms with van der Waals surface area (Å²) in [6.07, 6.45) is 2.78. The third-order valence-electron chi connectivity index (χ3n) is 3.27. The summed E-state index contributed by atoms with van der Waals surface area (Å²) in [6.45, 7) is 6.11. The molecule has 21 heavy (non-hydrogen) atoms. The Hall–Kier alpha value is -1.11. The molecule has 1 aromatic rings. The maximum Gasteiger partial charge on any atom is 0.240 e. The monoisotopic (exact) mass is 312 g/mol. The van der Waals surface area contributed by atoms with E-state index in [0.717, 1.165) is 37.1 Å². The van der Waals surface area contributed by atoms with Gasteiger partial charge < -0.3 is 10.1 Å². The van der Waals surface area contributed by atoms with Gasteiger partial charge in [0.25, 0.3) is 0 Å². The molecule has 0 radical (unpaired) electrons. The van der Waals surface area contributed by atoms with Crippen LogP contribution in [0.1, 0.15) is 38.7 Å². The molecule has 2 N–H and O–H groups in total. The van der Waals surface area contributed by atoms with Crippen LogP contribution in [0.15, 0.2) is 23.1 Å². The Morgan fingerprint density at radius 2 is 2.05 bits per heavy atom. The summed E-state index contributed by atoms with van der Waals surface area (Å²) in [4.78, 5) is 0.311. The molecule has 0 spiro atoms. The molecule has 0 atom stereocenters. The Kier molecular flexibility index (Phi) is 5.61. The molecule has 118 valence electrons. The molecule has 1 aliphatic rings. The van der Waals surface area contributed by atoms with Crippen LogP contribution < -0.4 is 14.8 Å². The standard InChI is InChI=1S/C15H24N2O3S/c1-3-9-20-15-8-7-14(10-12(15)11-16-4-2)21(18,19)17-13-5-6-13/h7-8,10,13,16-17H,3-6,9,11H2,1-2H3. The van der Waals surface area contributed by atoms with Crippen LogP contribution in [0, 0.1) is 0 Å². The molecule has 2 rings (SSSR count). The average molecular weight is 312 g/mol. The molecule has 5 nitrogen and oxygen atoms in total. The van der Waals surface area contributed by atoms with Gasteiger partial charge in [0.1, 0.15) is 5.75 Å². The van der Waals surface area contributed by atoms with Crippen LogP contribution in [0.25, 0.3) is 0 Å². The first-order valence-electron chi connectivity index (χ1n) is 7.55. The van der Waals surface area contributed by atoms with E-state index >= 15 is 0 Å². The Bertz CT molecular complexity index is 568. The van der Waals surface area contributed by atoms with Crippen LogP contribution >= 0.6 is 0 Å². The minimum absolute atomic E-state index is 0.114. The van der Waals surface area contributed by atoms with Crippen molar-refractivity contribution in [2.45, 2.75) is 50.6 Å². The van der Waals surface area contributed by atoms with Crippen LogP contribution in [0.2, 0.25) is 0 Å². The van der Waals surface area contributed by atoms with E-state index in [1.807, 2.05) is 13.8 Å². The summed E-state index contributed by atoms with van der Waals surface area (Å²) in [5.41, 5.74) is 0.879. The summed E-state index contributed by atoms with van der Waals surface area (Å²) in [6, 6.07) is 5.19. The Morgan fingerprint density at radius 1 is 1.29 bits per heavy atom. The molecule has 0 heterocycles. The number of hydrogen-bond donors (Lipinski definition) is 2. The van der Waals surface area contributed by atoms with Gasteiger partial charge in [-0.25, -0.2) is 13.1 Å². The van der Waals surface area contributed by atoms with Crippen molar-refractivity contribution in [1.29, 1.82) is 0 Å². The second-order valence-electron chi connectivity index (χ2n) is 5.29. The molecule has 0 aromatic heterocycles. The maximum atomic E-state index is 12.3. The highest BCUT2D eigenvalue weighted by Crippen LogP contribution is 2.26. The molecule has 0 aliphatic heterocycles. The lowest BCUT2D eigenvalue weighted by atomic mass is 10.2. The predicted octanol–water partition coefficient (Wildman–Crippen LogP) is 2.03. The fraction of sp³-hybridized carbons (Fsp3) is 0.600. The van der Waals surface area contributed by atoms with Gasteiger partial charge in [0.15, 0.2) is 0 Å². The van der Waals surface area contributed by atoms with Crippen molar-refractivity contribution < 1.29 is 13.2 Å². The predicted molar refractivity (Wildman–Crippen MR) is 83.0 cm³/mol. The molecule has 0 saturated heterocycles. The molecule has 1 aromatic carbocycles. The van der Waals surface area contributed by atoms with E-state index in [9.17, 15) is 8.42 Å². The number of benzene rings is 1. The highest BCUT2D eigenvalue weighted by atomic mass is 32.2. The summed E-state index contributed by atoms with van der Waals surface area (Å²) in [5, 5.41) is 3.22. The summed E-state index contributed by atoms with van der Waals surface area (Å²) in [5.74, 6) is 0.753. The number of hydrogen-bond acceptors (Lipinski definition) is 4. The average Bonchev–Trinajstić information content (AvgIpc) is 3.26. The molecule has 0 bridgehead atoms. The molecular weight excluding hydrogens is 288 g/mol. The second kappa shape index (κ2) is 7.24. The van der Waals surface area contributed by atoms with Crippen molar-refractivity contribution >= 4 is 10.0 Å². The minimum atomic E-state index is -3.42. The third kappa shape index (κ3) is 4.69. The van der Waals surface area contributed by atoms with Crippen LogP contribution in [0.5, 0.6) is 5.75 Å². The van der Waals surface area contributed by atoms with E-state index in [2.05, 4.69) is 10.0 Å². The van der Waals surface area contributed by atoms with E-state index < -0.39 is 10.0 Å². The van der Waals surface area contributed by atoms with Gasteiger partial charge in [0.05, 0.1) is 11.5 Å². The smallest absolute Gasteiger partial charge is 0.240 e. The second-order valence-corrected chi connectivity index (χ2v) is 7.01. The van der Waals surface area contributed by atoms with E-state index in [0.29, 0.717) is 18.0 Å². The van der Waals surface area contributed by atoms with E-state index in [1.54, 1.807) is 18.2 Å². The van der Waals surface area contributed by atoms with Crippen molar-refractivity contribution in [3.63, 3.8) is 0 Å². The van der Waals surface area contributed by atoms with Crippen molar-refractivity contribution in [3.05, 3.63) is 23.8 Å². The fourth-order valence-electron chi connectivity index (χ4n) is 1.96. The lowest BCUT2D eigenvalue weighted by Gasteiger charge is -2.13. The zero-order valence-corrected chi connectivity index (χ0v) is 13.5. The van der Waals surface area contributed by atoms with Gasteiger partial charge in [-0.15, -0.1) is 0 Å². The first-order chi connectivity index (χ1) is 10.1. The highest BCUT2D eigenvalue weighted by molar-refractivity contribution is 7.89. The van der Waals surface area contributed by atoms with Gasteiger partial charge in [-0.2, -0.15) is 0 Å². The van der Waals surface area contributed by atoms with Crippen molar-refractivity contribution in [2.75, 3.05) is 13.2 Å². The zero-order valence-electron chi connectivity index (χ0n) is 12.7. The Balaban J connectivity index is 2.22. The van der Waals surface area contributed by atoms with Gasteiger partial charge in [-0.1, -0.05) is 13.8 Å². The van der Waals surface area contributed by atoms with Gasteiger partial charge in [0.2, 0.25) is 10.0 Å². The third-order valence-corrected chi connectivity index (χ3v) is 4.79. The minimum Gasteiger partial charge on any atom is -0.493 e. The molecule has 1 aliphatic carbocycles. The SMILES string of the molecule is CCCOc1ccc(S(=O)(=O)NC2CC2)cc1CNCC.